The summed E-state index contributed by atoms with van der Waals surface area (Å²) in [5.41, 5.74) is 24.9. The Kier molecular flexibility index (Phi) is 23.5. The predicted octanol–water partition coefficient (Wildman–Crippen LogP) is -2.12. The smallest absolute Gasteiger partial charge is 0.326 e. The fourth-order valence-corrected chi connectivity index (χ4v) is 9.46. The van der Waals surface area contributed by atoms with Gasteiger partial charge in [0.2, 0.25) is 53.2 Å². The molecule has 5 rings (SSSR count). The number of aliphatic hydroxyl groups is 1. The van der Waals surface area contributed by atoms with Crippen molar-refractivity contribution in [2.75, 3.05) is 26.2 Å². The maximum absolute atomic E-state index is 15.1. The zero-order chi connectivity index (χ0) is 59.5. The number of amides is 9. The van der Waals surface area contributed by atoms with E-state index in [2.05, 4.69) is 52.2 Å². The lowest BCUT2D eigenvalue weighted by Gasteiger charge is -2.31. The SMILES string of the molecule is CC(C)C[C@H](NC(=O)[C@@H](N)CO)C(=O)NCC(=O)N[C@@H](CCCN=C(N)N)C(=O)N[C@@H](Cc1c[nH]c2ccccc12)C(=O)N1CCC[C@H]1C(=O)N[C@@H](Cc1c[nH]c2ccccc12)C(=O)N[C@@H](CCC(N)=O)C(=O)N[C@H](C(=O)O)C(C)C. The molecule has 1 saturated heterocycles. The number of carbonyl (C=O) groups excluding carboxylic acids is 9. The molecule has 3 heterocycles. The van der Waals surface area contributed by atoms with Crippen LogP contribution in [0.15, 0.2) is 65.9 Å². The number of aromatic nitrogens is 2. The summed E-state index contributed by atoms with van der Waals surface area (Å²) in [5, 5.41) is 38.9. The summed E-state index contributed by atoms with van der Waals surface area (Å²) in [7, 11) is 0. The number of H-pyrrole nitrogens is 2. The lowest BCUT2D eigenvalue weighted by atomic mass is 10.0. The molecule has 1 aliphatic heterocycles. The molecule has 0 saturated carbocycles. The van der Waals surface area contributed by atoms with E-state index in [1.54, 1.807) is 44.4 Å². The van der Waals surface area contributed by atoms with Crippen molar-refractivity contribution in [2.24, 2.45) is 39.8 Å². The normalized spacial score (nSPS) is 15.8. The van der Waals surface area contributed by atoms with Crippen molar-refractivity contribution in [3.05, 3.63) is 72.1 Å². The first kappa shape index (κ1) is 63.2. The van der Waals surface area contributed by atoms with Gasteiger partial charge >= 0.3 is 5.97 Å². The molecule has 4 aromatic rings. The number of benzene rings is 2. The van der Waals surface area contributed by atoms with E-state index < -0.39 is 127 Å². The number of nitrogens with zero attached hydrogens (tertiary/aromatic N) is 2. The molecule has 27 nitrogen and oxygen atoms in total. The Balaban J connectivity index is 1.43. The Hall–Kier alpha value is -8.59. The second-order valence-electron chi connectivity index (χ2n) is 20.8. The van der Waals surface area contributed by atoms with Gasteiger partial charge in [-0.05, 0) is 73.6 Å². The number of carboxylic acid groups (broad SMARTS) is 1. The number of guanidine groups is 1. The van der Waals surface area contributed by atoms with Gasteiger partial charge in [0.15, 0.2) is 5.96 Å². The number of primary amides is 1. The van der Waals surface area contributed by atoms with Crippen molar-refractivity contribution in [1.29, 1.82) is 0 Å². The molecule has 27 heteroatoms. The Morgan fingerprint density at radius 2 is 1.25 bits per heavy atom. The number of nitrogens with one attached hydrogen (secondary N) is 9. The summed E-state index contributed by atoms with van der Waals surface area (Å²) in [6, 6.07) is 3.92. The maximum Gasteiger partial charge on any atom is 0.326 e. The molecule has 8 atom stereocenters. The third-order valence-electron chi connectivity index (χ3n) is 13.7. The second kappa shape index (κ2) is 30.1. The molecule has 0 radical (unpaired) electrons. The van der Waals surface area contributed by atoms with Gasteiger partial charge in [-0.15, -0.1) is 0 Å². The highest BCUT2D eigenvalue weighted by Gasteiger charge is 2.41. The second-order valence-corrected chi connectivity index (χ2v) is 20.8. The number of rotatable bonds is 31. The zero-order valence-corrected chi connectivity index (χ0v) is 45.9. The van der Waals surface area contributed by atoms with Crippen LogP contribution in [-0.4, -0.2) is 165 Å². The van der Waals surface area contributed by atoms with E-state index >= 15 is 4.79 Å². The van der Waals surface area contributed by atoms with Crippen LogP contribution in [0.5, 0.6) is 0 Å². The summed E-state index contributed by atoms with van der Waals surface area (Å²) in [5.74, 6) is -9.31. The van der Waals surface area contributed by atoms with Crippen molar-refractivity contribution in [1.82, 2.24) is 52.1 Å². The Morgan fingerprint density at radius 1 is 0.691 bits per heavy atom. The lowest BCUT2D eigenvalue weighted by molar-refractivity contribution is -0.144. The third-order valence-corrected chi connectivity index (χ3v) is 13.7. The van der Waals surface area contributed by atoms with E-state index in [1.807, 2.05) is 44.2 Å². The Morgan fingerprint density at radius 3 is 1.81 bits per heavy atom. The molecular weight excluding hydrogens is 1050 g/mol. The highest BCUT2D eigenvalue weighted by atomic mass is 16.4. The summed E-state index contributed by atoms with van der Waals surface area (Å²) in [6.45, 7) is 5.57. The third kappa shape index (κ3) is 18.5. The molecule has 81 heavy (non-hydrogen) atoms. The number of carboxylic acids is 1. The monoisotopic (exact) mass is 1130 g/mol. The first-order chi connectivity index (χ1) is 38.5. The summed E-state index contributed by atoms with van der Waals surface area (Å²) < 4.78 is 0. The fourth-order valence-electron chi connectivity index (χ4n) is 9.46. The van der Waals surface area contributed by atoms with Gasteiger partial charge in [0, 0.05) is 66.6 Å². The molecule has 1 aliphatic rings. The number of aromatic amines is 2. The van der Waals surface area contributed by atoms with Crippen LogP contribution >= 0.6 is 0 Å². The van der Waals surface area contributed by atoms with Crippen molar-refractivity contribution >= 4 is 86.9 Å². The number of nitrogens with two attached hydrogens (primary N) is 4. The highest BCUT2D eigenvalue weighted by molar-refractivity contribution is 5.99. The van der Waals surface area contributed by atoms with Gasteiger partial charge in [0.1, 0.15) is 48.3 Å². The van der Waals surface area contributed by atoms with Gasteiger partial charge in [-0.2, -0.15) is 0 Å². The molecule has 0 aliphatic carbocycles. The number of para-hydroxylation sites is 2. The largest absolute Gasteiger partial charge is 0.480 e. The minimum atomic E-state index is -1.47. The minimum absolute atomic E-state index is 0.0506. The number of fused-ring (bicyclic) bond motifs is 2. The topological polar surface area (TPSA) is 447 Å². The van der Waals surface area contributed by atoms with E-state index in [1.165, 1.54) is 4.90 Å². The first-order valence-corrected chi connectivity index (χ1v) is 26.9. The van der Waals surface area contributed by atoms with Crippen molar-refractivity contribution in [3.63, 3.8) is 0 Å². The molecule has 0 bridgehead atoms. The van der Waals surface area contributed by atoms with E-state index in [-0.39, 0.29) is 76.3 Å². The lowest BCUT2D eigenvalue weighted by Crippen LogP contribution is -2.60. The standard InChI is InChI=1S/C54H77N15O12/c1-28(2)21-39(65-46(73)34(55)27-70)47(74)62-26-44(72)63-37(15-9-19-59-54(57)58)48(75)67-41(23-31-25-61-36-14-8-6-12-33(31)36)52(79)69-20-10-16-42(69)51(78)66-40(22-30-24-60-35-13-7-5-11-32(30)35)50(77)64-38(17-18-43(56)71)49(76)68-45(29(3)4)53(80)81/h5-8,11-14,24-25,28-29,34,37-42,45,60-61,70H,9-10,15-23,26-27,55H2,1-4H3,(H2,56,71)(H,62,74)(H,63,72)(H,64,77)(H,65,73)(H,66,78)(H,67,75)(H,68,76)(H,80,81)(H4,57,58,59)/t34-,37-,38-,39-,40-,41-,42-,45-/m0/s1. The van der Waals surface area contributed by atoms with Crippen LogP contribution in [0.3, 0.4) is 0 Å². The van der Waals surface area contributed by atoms with Crippen LogP contribution in [0.2, 0.25) is 0 Å². The van der Waals surface area contributed by atoms with Gasteiger partial charge in [0.25, 0.3) is 0 Å². The summed E-state index contributed by atoms with van der Waals surface area (Å²) in [6.07, 6.45) is 3.17. The molecule has 0 unspecified atom stereocenters. The number of aliphatic hydroxyl groups excluding tert-OH is 1. The van der Waals surface area contributed by atoms with Crippen LogP contribution in [0.4, 0.5) is 0 Å². The van der Waals surface area contributed by atoms with Gasteiger partial charge in [0.05, 0.1) is 13.2 Å². The van der Waals surface area contributed by atoms with Crippen molar-refractivity contribution in [2.45, 2.75) is 134 Å². The van der Waals surface area contributed by atoms with Crippen LogP contribution < -0.4 is 60.2 Å². The summed E-state index contributed by atoms with van der Waals surface area (Å²) in [4.78, 5) is 148. The molecular formula is C54H77N15O12. The average molecular weight is 1130 g/mol. The van der Waals surface area contributed by atoms with E-state index in [9.17, 15) is 53.4 Å². The fraction of sp³-hybridized carbons (Fsp3) is 0.500. The highest BCUT2D eigenvalue weighted by Crippen LogP contribution is 2.25. The predicted molar refractivity (Wildman–Crippen MR) is 299 cm³/mol. The molecule has 0 spiro atoms. The van der Waals surface area contributed by atoms with Gasteiger partial charge in [-0.1, -0.05) is 64.1 Å². The molecule has 9 amide bonds. The van der Waals surface area contributed by atoms with Crippen LogP contribution in [0, 0.1) is 11.8 Å². The zero-order valence-electron chi connectivity index (χ0n) is 45.9. The quantitative estimate of drug-likeness (QED) is 0.0146. The molecule has 19 N–H and O–H groups in total. The minimum Gasteiger partial charge on any atom is -0.480 e. The van der Waals surface area contributed by atoms with Crippen LogP contribution in [0.1, 0.15) is 83.8 Å². The number of hydrogen-bond acceptors (Lipinski definition) is 13. The van der Waals surface area contributed by atoms with Crippen LogP contribution in [0.25, 0.3) is 21.8 Å². The number of aliphatic carboxylic acids is 1. The number of likely N-dealkylation sites (tertiary alicyclic amines) is 1. The molecule has 440 valence electrons. The van der Waals surface area contributed by atoms with Crippen molar-refractivity contribution in [3.8, 4) is 0 Å². The van der Waals surface area contributed by atoms with Gasteiger partial charge < -0.3 is 85.2 Å². The Labute approximate surface area is 467 Å². The van der Waals surface area contributed by atoms with E-state index in [0.717, 1.165) is 21.8 Å². The number of aliphatic imine (C=N–C) groups is 1. The number of hydrogen-bond donors (Lipinski definition) is 15. The molecule has 2 aromatic heterocycles. The number of carbonyl (C=O) groups is 10. The first-order valence-electron chi connectivity index (χ1n) is 26.9. The maximum atomic E-state index is 15.1. The molecule has 1 fully saturated rings. The average Bonchev–Trinajstić information content (AvgIpc) is 4.39. The van der Waals surface area contributed by atoms with E-state index in [0.29, 0.717) is 17.5 Å². The summed E-state index contributed by atoms with van der Waals surface area (Å²) >= 11 is 0. The van der Waals surface area contributed by atoms with Crippen LogP contribution in [-0.2, 0) is 60.8 Å². The van der Waals surface area contributed by atoms with Gasteiger partial charge in [-0.3, -0.25) is 48.1 Å². The molecule has 2 aromatic carbocycles. The van der Waals surface area contributed by atoms with Crippen molar-refractivity contribution < 1.29 is 58.2 Å². The Bertz CT molecular complexity index is 2920. The van der Waals surface area contributed by atoms with Gasteiger partial charge in [-0.25, -0.2) is 4.79 Å². The van der Waals surface area contributed by atoms with E-state index in [4.69, 9.17) is 22.9 Å².